The van der Waals surface area contributed by atoms with E-state index in [1.807, 2.05) is 41.3 Å². The second-order valence-electron chi connectivity index (χ2n) is 6.41. The van der Waals surface area contributed by atoms with E-state index in [0.29, 0.717) is 25.3 Å². The second-order valence-corrected chi connectivity index (χ2v) is 6.41. The Bertz CT molecular complexity index is 786. The van der Waals surface area contributed by atoms with Gasteiger partial charge in [-0.05, 0) is 30.3 Å². The number of amides is 1. The fourth-order valence-corrected chi connectivity index (χ4v) is 3.40. The lowest BCUT2D eigenvalue weighted by molar-refractivity contribution is 0.0746. The Kier molecular flexibility index (Phi) is 6.19. The molecule has 144 valence electrons. The molecule has 0 spiro atoms. The lowest BCUT2D eigenvalue weighted by Crippen LogP contribution is -2.48. The van der Waals surface area contributed by atoms with Crippen LogP contribution in [-0.2, 0) is 11.3 Å². The van der Waals surface area contributed by atoms with Crippen molar-refractivity contribution in [2.75, 3.05) is 52.4 Å². The molecule has 0 unspecified atom stereocenters. The molecular weight excluding hydrogens is 344 g/mol. The van der Waals surface area contributed by atoms with Crippen molar-refractivity contribution in [3.63, 3.8) is 0 Å². The summed E-state index contributed by atoms with van der Waals surface area (Å²) < 4.78 is 16.0. The Morgan fingerprint density at radius 2 is 1.63 bits per heavy atom. The third-order valence-electron chi connectivity index (χ3n) is 4.82. The zero-order chi connectivity index (χ0) is 19.2. The molecule has 0 N–H and O–H groups in total. The highest BCUT2D eigenvalue weighted by Crippen LogP contribution is 2.29. The van der Waals surface area contributed by atoms with Crippen LogP contribution in [0.4, 0.5) is 5.69 Å². The predicted octanol–water partition coefficient (Wildman–Crippen LogP) is 2.81. The third-order valence-corrected chi connectivity index (χ3v) is 4.82. The number of carbonyl (C=O) groups is 1. The molecule has 2 aromatic rings. The van der Waals surface area contributed by atoms with Crippen molar-refractivity contribution in [3.05, 3.63) is 53.6 Å². The Labute approximate surface area is 160 Å². The summed E-state index contributed by atoms with van der Waals surface area (Å²) in [5.41, 5.74) is 2.60. The molecule has 0 atom stereocenters. The molecule has 3 rings (SSSR count). The normalized spacial score (nSPS) is 14.2. The van der Waals surface area contributed by atoms with Crippen LogP contribution in [0.15, 0.2) is 42.5 Å². The SMILES string of the molecule is COCc1cc(C(=O)N2CCN(c3ccccc3OC)CC2)ccc1OC. The van der Waals surface area contributed by atoms with Crippen molar-refractivity contribution >= 4 is 11.6 Å². The standard InChI is InChI=1S/C21H26N2O4/c1-25-15-17-14-16(8-9-19(17)26-2)21(24)23-12-10-22(11-13-23)18-6-4-5-7-20(18)27-3/h4-9,14H,10-13,15H2,1-3H3. The van der Waals surface area contributed by atoms with E-state index in [9.17, 15) is 4.79 Å². The quantitative estimate of drug-likeness (QED) is 0.783. The van der Waals surface area contributed by atoms with E-state index in [4.69, 9.17) is 14.2 Å². The zero-order valence-electron chi connectivity index (χ0n) is 16.1. The van der Waals surface area contributed by atoms with Crippen molar-refractivity contribution < 1.29 is 19.0 Å². The van der Waals surface area contributed by atoms with Crippen LogP contribution in [0.2, 0.25) is 0 Å². The maximum Gasteiger partial charge on any atom is 0.253 e. The molecule has 0 saturated carbocycles. The number of ether oxygens (including phenoxy) is 3. The molecule has 1 saturated heterocycles. The topological polar surface area (TPSA) is 51.2 Å². The number of piperazine rings is 1. The van der Waals surface area contributed by atoms with E-state index < -0.39 is 0 Å². The smallest absolute Gasteiger partial charge is 0.253 e. The lowest BCUT2D eigenvalue weighted by Gasteiger charge is -2.36. The number of rotatable bonds is 6. The van der Waals surface area contributed by atoms with Gasteiger partial charge in [0, 0.05) is 44.4 Å². The van der Waals surface area contributed by atoms with Crippen LogP contribution in [0.25, 0.3) is 0 Å². The van der Waals surface area contributed by atoms with Crippen LogP contribution in [0.1, 0.15) is 15.9 Å². The fourth-order valence-electron chi connectivity index (χ4n) is 3.40. The number of benzene rings is 2. The summed E-state index contributed by atoms with van der Waals surface area (Å²) in [6.07, 6.45) is 0. The predicted molar refractivity (Wildman–Crippen MR) is 105 cm³/mol. The van der Waals surface area contributed by atoms with Gasteiger partial charge in [0.2, 0.25) is 0 Å². The molecule has 0 radical (unpaired) electrons. The Hall–Kier alpha value is -2.73. The first kappa shape index (κ1) is 19.0. The van der Waals surface area contributed by atoms with E-state index in [2.05, 4.69) is 11.0 Å². The van der Waals surface area contributed by atoms with Gasteiger partial charge in [0.1, 0.15) is 11.5 Å². The maximum atomic E-state index is 12.9. The van der Waals surface area contributed by atoms with E-state index in [1.54, 1.807) is 21.3 Å². The van der Waals surface area contributed by atoms with Gasteiger partial charge in [-0.2, -0.15) is 0 Å². The molecule has 0 aromatic heterocycles. The molecule has 27 heavy (non-hydrogen) atoms. The highest BCUT2D eigenvalue weighted by atomic mass is 16.5. The minimum atomic E-state index is 0.0367. The number of nitrogens with zero attached hydrogens (tertiary/aromatic N) is 2. The summed E-state index contributed by atoms with van der Waals surface area (Å²) >= 11 is 0. The molecule has 1 heterocycles. The molecule has 0 aliphatic carbocycles. The number of methoxy groups -OCH3 is 3. The first-order valence-corrected chi connectivity index (χ1v) is 9.01. The first-order chi connectivity index (χ1) is 13.2. The Balaban J connectivity index is 1.69. The van der Waals surface area contributed by atoms with Crippen LogP contribution in [0.3, 0.4) is 0 Å². The van der Waals surface area contributed by atoms with E-state index in [0.717, 1.165) is 35.8 Å². The molecule has 0 bridgehead atoms. The van der Waals surface area contributed by atoms with Gasteiger partial charge in [0.15, 0.2) is 0 Å². The third kappa shape index (κ3) is 4.17. The van der Waals surface area contributed by atoms with Crippen molar-refractivity contribution in [3.8, 4) is 11.5 Å². The van der Waals surface area contributed by atoms with Crippen LogP contribution >= 0.6 is 0 Å². The summed E-state index contributed by atoms with van der Waals surface area (Å²) in [5, 5.41) is 0. The number of anilines is 1. The van der Waals surface area contributed by atoms with Gasteiger partial charge in [-0.15, -0.1) is 0 Å². The Morgan fingerprint density at radius 3 is 2.30 bits per heavy atom. The van der Waals surface area contributed by atoms with Gasteiger partial charge in [-0.3, -0.25) is 4.79 Å². The molecule has 2 aromatic carbocycles. The Morgan fingerprint density at radius 1 is 0.926 bits per heavy atom. The van der Waals surface area contributed by atoms with Crippen LogP contribution in [-0.4, -0.2) is 58.3 Å². The van der Waals surface area contributed by atoms with Crippen LogP contribution < -0.4 is 14.4 Å². The number of para-hydroxylation sites is 2. The minimum Gasteiger partial charge on any atom is -0.496 e. The van der Waals surface area contributed by atoms with E-state index >= 15 is 0 Å². The van der Waals surface area contributed by atoms with Crippen LogP contribution in [0.5, 0.6) is 11.5 Å². The summed E-state index contributed by atoms with van der Waals surface area (Å²) in [5.74, 6) is 1.63. The van der Waals surface area contributed by atoms with Gasteiger partial charge < -0.3 is 24.0 Å². The average Bonchev–Trinajstić information content (AvgIpc) is 2.73. The van der Waals surface area contributed by atoms with Crippen molar-refractivity contribution in [2.24, 2.45) is 0 Å². The monoisotopic (exact) mass is 370 g/mol. The molecule has 1 aliphatic rings. The summed E-state index contributed by atoms with van der Waals surface area (Å²) in [6, 6.07) is 13.5. The lowest BCUT2D eigenvalue weighted by atomic mass is 10.1. The van der Waals surface area contributed by atoms with Gasteiger partial charge in [-0.1, -0.05) is 12.1 Å². The first-order valence-electron chi connectivity index (χ1n) is 9.01. The minimum absolute atomic E-state index is 0.0367. The van der Waals surface area contributed by atoms with Crippen LogP contribution in [0, 0.1) is 0 Å². The molecule has 1 amide bonds. The average molecular weight is 370 g/mol. The van der Waals surface area contributed by atoms with Gasteiger partial charge >= 0.3 is 0 Å². The van der Waals surface area contributed by atoms with Gasteiger partial charge in [0.25, 0.3) is 5.91 Å². The van der Waals surface area contributed by atoms with E-state index in [1.165, 1.54) is 0 Å². The molecule has 6 heteroatoms. The number of hydrogen-bond acceptors (Lipinski definition) is 5. The van der Waals surface area contributed by atoms with Crippen molar-refractivity contribution in [1.82, 2.24) is 4.90 Å². The second kappa shape index (κ2) is 8.77. The van der Waals surface area contributed by atoms with Crippen molar-refractivity contribution in [1.29, 1.82) is 0 Å². The highest BCUT2D eigenvalue weighted by molar-refractivity contribution is 5.94. The molecular formula is C21H26N2O4. The largest absolute Gasteiger partial charge is 0.496 e. The molecule has 1 fully saturated rings. The van der Waals surface area contributed by atoms with Gasteiger partial charge in [-0.25, -0.2) is 0 Å². The number of carbonyl (C=O) groups excluding carboxylic acids is 1. The molecule has 6 nitrogen and oxygen atoms in total. The fraction of sp³-hybridized carbons (Fsp3) is 0.381. The molecule has 1 aliphatic heterocycles. The number of hydrogen-bond donors (Lipinski definition) is 0. The summed E-state index contributed by atoms with van der Waals surface area (Å²) in [6.45, 7) is 3.29. The van der Waals surface area contributed by atoms with E-state index in [-0.39, 0.29) is 5.91 Å². The van der Waals surface area contributed by atoms with Gasteiger partial charge in [0.05, 0.1) is 26.5 Å². The van der Waals surface area contributed by atoms with Crippen molar-refractivity contribution in [2.45, 2.75) is 6.61 Å². The zero-order valence-corrected chi connectivity index (χ0v) is 16.1. The highest BCUT2D eigenvalue weighted by Gasteiger charge is 2.24. The maximum absolute atomic E-state index is 12.9. The summed E-state index contributed by atoms with van der Waals surface area (Å²) in [4.78, 5) is 17.1. The summed E-state index contributed by atoms with van der Waals surface area (Å²) in [7, 11) is 4.93.